The third-order valence-corrected chi connectivity index (χ3v) is 8.83. The molecule has 0 saturated carbocycles. The van der Waals surface area contributed by atoms with Crippen LogP contribution >= 0.6 is 0 Å². The molecule has 0 aliphatic carbocycles. The minimum absolute atomic E-state index is 0.0208. The Morgan fingerprint density at radius 1 is 1.00 bits per heavy atom. The molecule has 1 saturated heterocycles. The van der Waals surface area contributed by atoms with Crippen molar-refractivity contribution in [1.82, 2.24) is 14.9 Å². The second kappa shape index (κ2) is 11.0. The number of ether oxygens (including phenoxy) is 1. The lowest BCUT2D eigenvalue weighted by atomic mass is 10.1. The molecule has 1 heterocycles. The molecule has 2 aromatic rings. The fraction of sp³-hybridized carbons (Fsp3) is 0.391. The predicted octanol–water partition coefficient (Wildman–Crippen LogP) is 0.0814. The van der Waals surface area contributed by atoms with Gasteiger partial charge in [0.1, 0.15) is 6.23 Å². The fourth-order valence-corrected chi connectivity index (χ4v) is 6.58. The van der Waals surface area contributed by atoms with E-state index in [9.17, 15) is 26.4 Å². The van der Waals surface area contributed by atoms with Crippen molar-refractivity contribution in [2.45, 2.75) is 43.2 Å². The Morgan fingerprint density at radius 2 is 1.58 bits per heavy atom. The van der Waals surface area contributed by atoms with Gasteiger partial charge in [0, 0.05) is 13.1 Å². The van der Waals surface area contributed by atoms with Gasteiger partial charge in [-0.3, -0.25) is 9.59 Å². The Hall–Kier alpha value is -2.84. The lowest BCUT2D eigenvalue weighted by molar-refractivity contribution is -0.139. The number of sulfonamides is 2. The number of nitrogens with zero attached hydrogens (tertiary/aromatic N) is 1. The topological polar surface area (TPSA) is 165 Å². The number of carbonyl (C=O) groups excluding carboxylic acids is 2. The van der Waals surface area contributed by atoms with Crippen molar-refractivity contribution in [3.63, 3.8) is 0 Å². The number of hydrogen-bond donors (Lipinski definition) is 3. The van der Waals surface area contributed by atoms with Crippen molar-refractivity contribution in [3.8, 4) is 0 Å². The smallest absolute Gasteiger partial charge is 0.309 e. The summed E-state index contributed by atoms with van der Waals surface area (Å²) in [6, 6.07) is 9.45. The first kappa shape index (κ1) is 27.7. The lowest BCUT2D eigenvalue weighted by Crippen LogP contribution is -2.47. The summed E-state index contributed by atoms with van der Waals surface area (Å²) in [5, 5.41) is 9.96. The third-order valence-electron chi connectivity index (χ3n) is 5.71. The van der Waals surface area contributed by atoms with Crippen LogP contribution in [-0.4, -0.2) is 65.4 Å². The molecule has 1 atom stereocenters. The Labute approximate surface area is 211 Å². The van der Waals surface area contributed by atoms with E-state index < -0.39 is 38.1 Å². The number of rotatable bonds is 8. The summed E-state index contributed by atoms with van der Waals surface area (Å²) in [4.78, 5) is 24.6. The molecule has 1 fully saturated rings. The lowest BCUT2D eigenvalue weighted by Gasteiger charge is -2.24. The van der Waals surface area contributed by atoms with Crippen LogP contribution in [0, 0.1) is 20.8 Å². The van der Waals surface area contributed by atoms with E-state index in [4.69, 9.17) is 9.88 Å². The third kappa shape index (κ3) is 6.48. The Kier molecular flexibility index (Phi) is 8.52. The van der Waals surface area contributed by atoms with E-state index in [1.807, 2.05) is 6.92 Å². The first-order valence-electron chi connectivity index (χ1n) is 11.2. The summed E-state index contributed by atoms with van der Waals surface area (Å²) in [5.41, 5.74) is 2.95. The molecule has 4 N–H and O–H groups in total. The van der Waals surface area contributed by atoms with Crippen LogP contribution in [0.5, 0.6) is 0 Å². The van der Waals surface area contributed by atoms with Crippen molar-refractivity contribution in [2.75, 3.05) is 26.2 Å². The van der Waals surface area contributed by atoms with Gasteiger partial charge in [0.05, 0.1) is 22.9 Å². The number of amides is 2. The first-order chi connectivity index (χ1) is 16.8. The van der Waals surface area contributed by atoms with Gasteiger partial charge >= 0.3 is 11.8 Å². The molecule has 1 aliphatic rings. The SMILES string of the molecule is Cc1cc(C)c(S(=O)(=O)N2CCO[C@H]2CNC(=O)C(=O)NCCc2ccc(S(N)(=O)=O)cc2)c(C)c1. The molecule has 2 aromatic carbocycles. The number of aryl methyl sites for hydroxylation is 3. The van der Waals surface area contributed by atoms with Crippen LogP contribution in [0.25, 0.3) is 0 Å². The van der Waals surface area contributed by atoms with Crippen LogP contribution < -0.4 is 15.8 Å². The van der Waals surface area contributed by atoms with Gasteiger partial charge in [0.15, 0.2) is 0 Å². The minimum Gasteiger partial charge on any atom is -0.359 e. The molecule has 2 amide bonds. The quantitative estimate of drug-likeness (QED) is 0.401. The summed E-state index contributed by atoms with van der Waals surface area (Å²) in [5.74, 6) is -1.80. The van der Waals surface area contributed by atoms with Crippen LogP contribution in [0.15, 0.2) is 46.2 Å². The maximum Gasteiger partial charge on any atom is 0.309 e. The first-order valence-corrected chi connectivity index (χ1v) is 14.2. The number of hydrogen-bond acceptors (Lipinski definition) is 7. The van der Waals surface area contributed by atoms with Crippen molar-refractivity contribution >= 4 is 31.9 Å². The minimum atomic E-state index is -3.88. The van der Waals surface area contributed by atoms with Gasteiger partial charge in [-0.2, -0.15) is 4.31 Å². The van der Waals surface area contributed by atoms with Crippen molar-refractivity contribution in [3.05, 3.63) is 58.7 Å². The van der Waals surface area contributed by atoms with E-state index >= 15 is 0 Å². The average Bonchev–Trinajstić information content (AvgIpc) is 3.26. The number of primary sulfonamides is 1. The summed E-state index contributed by atoms with van der Waals surface area (Å²) in [7, 11) is -7.67. The normalized spacial score (nSPS) is 16.6. The number of benzene rings is 2. The van der Waals surface area contributed by atoms with Gasteiger partial charge in [-0.1, -0.05) is 29.8 Å². The zero-order chi connectivity index (χ0) is 26.7. The van der Waals surface area contributed by atoms with Gasteiger partial charge < -0.3 is 15.4 Å². The van der Waals surface area contributed by atoms with E-state index in [-0.39, 0.29) is 36.0 Å². The zero-order valence-electron chi connectivity index (χ0n) is 20.3. The van der Waals surface area contributed by atoms with E-state index in [1.54, 1.807) is 38.1 Å². The molecule has 196 valence electrons. The highest BCUT2D eigenvalue weighted by atomic mass is 32.2. The Bertz CT molecular complexity index is 1330. The van der Waals surface area contributed by atoms with Gasteiger partial charge in [0.2, 0.25) is 20.0 Å². The van der Waals surface area contributed by atoms with Gasteiger partial charge in [-0.05, 0) is 56.0 Å². The second-order valence-corrected chi connectivity index (χ2v) is 12.0. The highest BCUT2D eigenvalue weighted by Gasteiger charge is 2.38. The predicted molar refractivity (Wildman–Crippen MR) is 132 cm³/mol. The van der Waals surface area contributed by atoms with E-state index in [0.29, 0.717) is 17.5 Å². The van der Waals surface area contributed by atoms with Crippen LogP contribution in [0.3, 0.4) is 0 Å². The highest BCUT2D eigenvalue weighted by molar-refractivity contribution is 7.89. The molecular formula is C23H30N4O7S2. The van der Waals surface area contributed by atoms with Gasteiger partial charge in [-0.15, -0.1) is 0 Å². The summed E-state index contributed by atoms with van der Waals surface area (Å²) < 4.78 is 56.0. The summed E-state index contributed by atoms with van der Waals surface area (Å²) in [6.45, 7) is 5.60. The molecule has 0 radical (unpaired) electrons. The van der Waals surface area contributed by atoms with Crippen LogP contribution in [0.2, 0.25) is 0 Å². The Balaban J connectivity index is 1.54. The molecule has 13 heteroatoms. The maximum atomic E-state index is 13.3. The van der Waals surface area contributed by atoms with Crippen molar-refractivity contribution < 1.29 is 31.2 Å². The van der Waals surface area contributed by atoms with Crippen LogP contribution in [0.1, 0.15) is 22.3 Å². The number of nitrogens with one attached hydrogen (secondary N) is 2. The maximum absolute atomic E-state index is 13.3. The molecule has 0 bridgehead atoms. The molecule has 36 heavy (non-hydrogen) atoms. The number of nitrogens with two attached hydrogens (primary N) is 1. The van der Waals surface area contributed by atoms with Crippen molar-refractivity contribution in [1.29, 1.82) is 0 Å². The molecule has 0 unspecified atom stereocenters. The molecule has 3 rings (SSSR count). The standard InChI is InChI=1S/C23H30N4O7S2/c1-15-12-16(2)21(17(3)13-15)36(32,33)27-10-11-34-20(27)14-26-23(29)22(28)25-9-8-18-4-6-19(7-5-18)35(24,30)31/h4-7,12-13,20H,8-11,14H2,1-3H3,(H,25,28)(H,26,29)(H2,24,30,31)/t20-/m0/s1. The van der Waals surface area contributed by atoms with E-state index in [0.717, 1.165) is 11.1 Å². The molecule has 1 aliphatic heterocycles. The van der Waals surface area contributed by atoms with Gasteiger partial charge in [-0.25, -0.2) is 22.0 Å². The van der Waals surface area contributed by atoms with Crippen LogP contribution in [0.4, 0.5) is 0 Å². The summed E-state index contributed by atoms with van der Waals surface area (Å²) in [6.07, 6.45) is -0.582. The van der Waals surface area contributed by atoms with E-state index in [1.165, 1.54) is 16.4 Å². The Morgan fingerprint density at radius 3 is 2.17 bits per heavy atom. The molecular weight excluding hydrogens is 508 g/mol. The summed E-state index contributed by atoms with van der Waals surface area (Å²) >= 11 is 0. The fourth-order valence-electron chi connectivity index (χ4n) is 4.14. The number of carbonyl (C=O) groups is 2. The van der Waals surface area contributed by atoms with Crippen molar-refractivity contribution in [2.24, 2.45) is 5.14 Å². The van der Waals surface area contributed by atoms with E-state index in [2.05, 4.69) is 10.6 Å². The van der Waals surface area contributed by atoms with Gasteiger partial charge in [0.25, 0.3) is 0 Å². The molecule has 0 spiro atoms. The molecule has 11 nitrogen and oxygen atoms in total. The van der Waals surface area contributed by atoms with Crippen LogP contribution in [-0.2, 0) is 40.8 Å². The molecule has 0 aromatic heterocycles. The second-order valence-electron chi connectivity index (χ2n) is 8.57. The highest BCUT2D eigenvalue weighted by Crippen LogP contribution is 2.28. The zero-order valence-corrected chi connectivity index (χ0v) is 21.9. The average molecular weight is 539 g/mol. The largest absolute Gasteiger partial charge is 0.359 e. The monoisotopic (exact) mass is 538 g/mol.